The number of hydrogen-bond donors (Lipinski definition) is 1. The van der Waals surface area contributed by atoms with Gasteiger partial charge in [-0.1, -0.05) is 19.9 Å². The number of nitrogens with one attached hydrogen (secondary N) is 1. The normalized spacial score (nSPS) is 18.9. The minimum atomic E-state index is -0.943. The molecule has 9 heteroatoms. The molecule has 2 aliphatic heterocycles. The number of carbonyl (C=O) groups is 3. The maximum Gasteiger partial charge on any atom is 0.256 e. The van der Waals surface area contributed by atoms with Crippen LogP contribution in [0.25, 0.3) is 0 Å². The number of pyridine rings is 1. The molecular formula is C27H34N4O5. The smallest absolute Gasteiger partial charge is 0.256 e. The van der Waals surface area contributed by atoms with Crippen LogP contribution in [0.3, 0.4) is 0 Å². The molecule has 0 bridgehead atoms. The second-order valence-electron chi connectivity index (χ2n) is 9.73. The highest BCUT2D eigenvalue weighted by molar-refractivity contribution is 5.98. The fraction of sp³-hybridized carbons (Fsp3) is 0.481. The zero-order valence-corrected chi connectivity index (χ0v) is 21.1. The summed E-state index contributed by atoms with van der Waals surface area (Å²) in [7, 11) is 1.57. The molecule has 4 rings (SSSR count). The van der Waals surface area contributed by atoms with Crippen LogP contribution in [0.1, 0.15) is 49.0 Å². The van der Waals surface area contributed by atoms with Crippen molar-refractivity contribution in [2.45, 2.75) is 51.4 Å². The van der Waals surface area contributed by atoms with E-state index in [0.29, 0.717) is 50.2 Å². The fourth-order valence-corrected chi connectivity index (χ4v) is 4.83. The number of carbonyl (C=O) groups excluding carboxylic acids is 3. The van der Waals surface area contributed by atoms with Crippen molar-refractivity contribution < 1.29 is 23.9 Å². The molecule has 0 saturated carbocycles. The molecule has 1 aromatic carbocycles. The Bertz CT molecular complexity index is 1070. The minimum absolute atomic E-state index is 0.0979. The van der Waals surface area contributed by atoms with E-state index in [4.69, 9.17) is 9.47 Å². The number of aromatic nitrogens is 1. The third-order valence-corrected chi connectivity index (χ3v) is 6.79. The first-order valence-corrected chi connectivity index (χ1v) is 12.4. The molecule has 0 radical (unpaired) electrons. The van der Waals surface area contributed by atoms with Crippen molar-refractivity contribution in [1.82, 2.24) is 20.1 Å². The highest BCUT2D eigenvalue weighted by Crippen LogP contribution is 2.39. The monoisotopic (exact) mass is 494 g/mol. The number of ether oxygens (including phenoxy) is 2. The van der Waals surface area contributed by atoms with Crippen molar-refractivity contribution in [1.29, 1.82) is 0 Å². The van der Waals surface area contributed by atoms with Crippen LogP contribution in [0.5, 0.6) is 5.75 Å². The second kappa shape index (κ2) is 11.1. The summed E-state index contributed by atoms with van der Waals surface area (Å²) in [5.74, 6) is 0.463. The third-order valence-electron chi connectivity index (χ3n) is 6.79. The average Bonchev–Trinajstić information content (AvgIpc) is 3.26. The Morgan fingerprint density at radius 1 is 1.17 bits per heavy atom. The first-order chi connectivity index (χ1) is 17.3. The predicted octanol–water partition coefficient (Wildman–Crippen LogP) is 2.61. The van der Waals surface area contributed by atoms with Crippen molar-refractivity contribution >= 4 is 17.7 Å². The minimum Gasteiger partial charge on any atom is -0.497 e. The Hall–Kier alpha value is -3.46. The number of rotatable bonds is 7. The number of amides is 3. The van der Waals surface area contributed by atoms with Crippen molar-refractivity contribution in [2.24, 2.45) is 5.92 Å². The molecule has 2 fully saturated rings. The first kappa shape index (κ1) is 25.6. The molecule has 1 spiro atoms. The molecule has 192 valence electrons. The summed E-state index contributed by atoms with van der Waals surface area (Å²) in [6.07, 6.45) is 4.75. The maximum absolute atomic E-state index is 13.8. The van der Waals surface area contributed by atoms with Crippen LogP contribution >= 0.6 is 0 Å². The molecule has 1 aromatic heterocycles. The fourth-order valence-electron chi connectivity index (χ4n) is 4.83. The summed E-state index contributed by atoms with van der Waals surface area (Å²) in [6, 6.07) is 9.74. The van der Waals surface area contributed by atoms with Crippen LogP contribution in [-0.4, -0.2) is 71.1 Å². The van der Waals surface area contributed by atoms with E-state index >= 15 is 0 Å². The van der Waals surface area contributed by atoms with Gasteiger partial charge in [0.05, 0.1) is 13.7 Å². The van der Waals surface area contributed by atoms with Crippen LogP contribution < -0.4 is 10.1 Å². The van der Waals surface area contributed by atoms with E-state index in [1.165, 1.54) is 0 Å². The van der Waals surface area contributed by atoms with Gasteiger partial charge in [-0.15, -0.1) is 0 Å². The van der Waals surface area contributed by atoms with E-state index in [2.05, 4.69) is 10.3 Å². The molecule has 3 heterocycles. The quantitative estimate of drug-likeness (QED) is 0.635. The first-order valence-electron chi connectivity index (χ1n) is 12.4. The third kappa shape index (κ3) is 5.51. The molecule has 1 N–H and O–H groups in total. The molecule has 1 atom stereocenters. The molecule has 2 saturated heterocycles. The van der Waals surface area contributed by atoms with Crippen LogP contribution in [0.2, 0.25) is 0 Å². The zero-order valence-electron chi connectivity index (χ0n) is 21.1. The van der Waals surface area contributed by atoms with E-state index in [0.717, 1.165) is 5.56 Å². The summed E-state index contributed by atoms with van der Waals surface area (Å²) in [4.78, 5) is 47.2. The van der Waals surface area contributed by atoms with Gasteiger partial charge in [-0.25, -0.2) is 0 Å². The zero-order chi connectivity index (χ0) is 25.7. The highest BCUT2D eigenvalue weighted by atomic mass is 16.5. The molecule has 36 heavy (non-hydrogen) atoms. The van der Waals surface area contributed by atoms with Gasteiger partial charge in [-0.05, 0) is 41.8 Å². The Labute approximate surface area is 211 Å². The molecule has 0 unspecified atom stereocenters. The summed E-state index contributed by atoms with van der Waals surface area (Å²) >= 11 is 0. The lowest BCUT2D eigenvalue weighted by atomic mass is 9.96. The van der Waals surface area contributed by atoms with Gasteiger partial charge in [0.1, 0.15) is 17.5 Å². The van der Waals surface area contributed by atoms with E-state index in [1.54, 1.807) is 48.7 Å². The second-order valence-corrected chi connectivity index (χ2v) is 9.73. The predicted molar refractivity (Wildman–Crippen MR) is 133 cm³/mol. The summed E-state index contributed by atoms with van der Waals surface area (Å²) < 4.78 is 11.5. The van der Waals surface area contributed by atoms with Crippen molar-refractivity contribution in [3.05, 3.63) is 59.9 Å². The van der Waals surface area contributed by atoms with E-state index < -0.39 is 11.8 Å². The van der Waals surface area contributed by atoms with Crippen LogP contribution in [0, 0.1) is 5.92 Å². The summed E-state index contributed by atoms with van der Waals surface area (Å²) in [5.41, 5.74) is 0.371. The van der Waals surface area contributed by atoms with E-state index in [-0.39, 0.29) is 30.2 Å². The number of methoxy groups -OCH3 is 1. The lowest BCUT2D eigenvalue weighted by Crippen LogP contribution is -2.59. The summed E-state index contributed by atoms with van der Waals surface area (Å²) in [6.45, 7) is 5.39. The number of nitrogens with zero attached hydrogens (tertiary/aromatic N) is 3. The number of benzene rings is 1. The van der Waals surface area contributed by atoms with Gasteiger partial charge in [0, 0.05) is 56.9 Å². The highest BCUT2D eigenvalue weighted by Gasteiger charge is 2.54. The lowest BCUT2D eigenvalue weighted by molar-refractivity contribution is -0.144. The van der Waals surface area contributed by atoms with Gasteiger partial charge in [-0.2, -0.15) is 0 Å². The van der Waals surface area contributed by atoms with E-state index in [1.807, 2.05) is 30.9 Å². The van der Waals surface area contributed by atoms with Crippen molar-refractivity contribution in [3.8, 4) is 5.75 Å². The SMILES string of the molecule is COc1ccc(C(=O)N2[C@H](C(=O)NCc3cccnc3)COC23CCN(C(=O)CC(C)C)CC3)cc1. The Kier molecular flexibility index (Phi) is 7.88. The van der Waals surface area contributed by atoms with Crippen LogP contribution in [0.4, 0.5) is 0 Å². The molecule has 3 amide bonds. The van der Waals surface area contributed by atoms with Gasteiger partial charge in [0.15, 0.2) is 0 Å². The standard InChI is InChI=1S/C27H34N4O5/c1-19(2)15-24(32)30-13-10-27(11-14-30)31(26(34)21-6-8-22(35-3)9-7-21)23(18-36-27)25(33)29-17-20-5-4-12-28-16-20/h4-9,12,16,19,23H,10-11,13-15,17-18H2,1-3H3,(H,29,33)/t23-/m0/s1. The molecule has 2 aromatic rings. The summed E-state index contributed by atoms with van der Waals surface area (Å²) in [5, 5.41) is 2.93. The molecular weight excluding hydrogens is 460 g/mol. The average molecular weight is 495 g/mol. The molecule has 0 aliphatic carbocycles. The van der Waals surface area contributed by atoms with Gasteiger partial charge in [0.25, 0.3) is 5.91 Å². The Balaban J connectivity index is 1.55. The Morgan fingerprint density at radius 2 is 1.89 bits per heavy atom. The maximum atomic E-state index is 13.8. The lowest BCUT2D eigenvalue weighted by Gasteiger charge is -2.44. The van der Waals surface area contributed by atoms with Gasteiger partial charge in [0.2, 0.25) is 11.8 Å². The largest absolute Gasteiger partial charge is 0.497 e. The van der Waals surface area contributed by atoms with Crippen molar-refractivity contribution in [3.63, 3.8) is 0 Å². The number of hydrogen-bond acceptors (Lipinski definition) is 6. The number of piperidine rings is 1. The van der Waals surface area contributed by atoms with Gasteiger partial charge in [-0.3, -0.25) is 24.3 Å². The van der Waals surface area contributed by atoms with Crippen LogP contribution in [-0.2, 0) is 20.9 Å². The molecule has 9 nitrogen and oxygen atoms in total. The van der Waals surface area contributed by atoms with Gasteiger partial charge >= 0.3 is 0 Å². The topological polar surface area (TPSA) is 101 Å². The van der Waals surface area contributed by atoms with Gasteiger partial charge < -0.3 is 19.7 Å². The van der Waals surface area contributed by atoms with Crippen LogP contribution in [0.15, 0.2) is 48.8 Å². The van der Waals surface area contributed by atoms with E-state index in [9.17, 15) is 14.4 Å². The molecule has 2 aliphatic rings. The number of likely N-dealkylation sites (tertiary alicyclic amines) is 1. The van der Waals surface area contributed by atoms with Crippen molar-refractivity contribution in [2.75, 3.05) is 26.8 Å². The Morgan fingerprint density at radius 3 is 2.50 bits per heavy atom.